The number of nitrogens with zero attached hydrogens (tertiary/aromatic N) is 2. The van der Waals surface area contributed by atoms with Gasteiger partial charge in [-0.05, 0) is 25.3 Å². The van der Waals surface area contributed by atoms with Gasteiger partial charge in [-0.15, -0.1) is 0 Å². The fraction of sp³-hybridized carbons (Fsp3) is 0.385. The number of aliphatic hydroxyl groups is 1. The SMILES string of the molecule is CSC(CO)C(C)NC(=O)c1c(Cl)nc2ccccn12. The maximum Gasteiger partial charge on any atom is 0.271 e. The van der Waals surface area contributed by atoms with Crippen LogP contribution in [0.15, 0.2) is 24.4 Å². The second-order valence-electron chi connectivity index (χ2n) is 4.40. The monoisotopic (exact) mass is 313 g/mol. The van der Waals surface area contributed by atoms with Gasteiger partial charge in [0.2, 0.25) is 0 Å². The van der Waals surface area contributed by atoms with Gasteiger partial charge in [-0.25, -0.2) is 4.98 Å². The minimum Gasteiger partial charge on any atom is -0.395 e. The Morgan fingerprint density at radius 1 is 1.60 bits per heavy atom. The number of carbonyl (C=O) groups is 1. The summed E-state index contributed by atoms with van der Waals surface area (Å²) in [6.45, 7) is 1.86. The second kappa shape index (κ2) is 6.47. The van der Waals surface area contributed by atoms with Gasteiger partial charge in [0, 0.05) is 17.5 Å². The first kappa shape index (κ1) is 15.2. The summed E-state index contributed by atoms with van der Waals surface area (Å²) in [5.41, 5.74) is 0.936. The highest BCUT2D eigenvalue weighted by Crippen LogP contribution is 2.18. The Kier molecular flexibility index (Phi) is 4.91. The van der Waals surface area contributed by atoms with Gasteiger partial charge in [-0.1, -0.05) is 17.7 Å². The van der Waals surface area contributed by atoms with Crippen LogP contribution in [-0.2, 0) is 0 Å². The van der Waals surface area contributed by atoms with Crippen LogP contribution in [0.4, 0.5) is 0 Å². The number of thioether (sulfide) groups is 1. The molecule has 0 aliphatic heterocycles. The third kappa shape index (κ3) is 2.92. The summed E-state index contributed by atoms with van der Waals surface area (Å²) < 4.78 is 1.65. The molecule has 0 saturated carbocycles. The minimum atomic E-state index is -0.297. The summed E-state index contributed by atoms with van der Waals surface area (Å²) in [6, 6.07) is 5.25. The first-order valence-corrected chi connectivity index (χ1v) is 7.82. The Hall–Kier alpha value is -1.24. The van der Waals surface area contributed by atoms with Gasteiger partial charge in [-0.3, -0.25) is 9.20 Å². The summed E-state index contributed by atoms with van der Waals surface area (Å²) >= 11 is 7.55. The molecular weight excluding hydrogens is 298 g/mol. The first-order chi connectivity index (χ1) is 9.58. The van der Waals surface area contributed by atoms with E-state index in [1.807, 2.05) is 25.3 Å². The lowest BCUT2D eigenvalue weighted by Gasteiger charge is -2.21. The summed E-state index contributed by atoms with van der Waals surface area (Å²) in [5, 5.41) is 12.2. The molecular formula is C13H16ClN3O2S. The summed E-state index contributed by atoms with van der Waals surface area (Å²) in [5.74, 6) is -0.297. The molecule has 20 heavy (non-hydrogen) atoms. The number of pyridine rings is 1. The van der Waals surface area contributed by atoms with Crippen LogP contribution in [0.2, 0.25) is 5.15 Å². The Morgan fingerprint density at radius 2 is 2.35 bits per heavy atom. The quantitative estimate of drug-likeness (QED) is 0.884. The lowest BCUT2D eigenvalue weighted by Crippen LogP contribution is -2.41. The summed E-state index contributed by atoms with van der Waals surface area (Å²) in [6.07, 6.45) is 3.64. The number of imidazole rings is 1. The van der Waals surface area contributed by atoms with Crippen molar-refractivity contribution in [3.05, 3.63) is 35.2 Å². The van der Waals surface area contributed by atoms with E-state index >= 15 is 0 Å². The predicted molar refractivity (Wildman–Crippen MR) is 81.5 cm³/mol. The van der Waals surface area contributed by atoms with E-state index in [4.69, 9.17) is 11.6 Å². The van der Waals surface area contributed by atoms with Crippen LogP contribution in [-0.4, -0.2) is 44.6 Å². The van der Waals surface area contributed by atoms with Crippen molar-refractivity contribution in [3.63, 3.8) is 0 Å². The molecule has 0 bridgehead atoms. The zero-order chi connectivity index (χ0) is 14.7. The maximum atomic E-state index is 12.3. The molecule has 2 rings (SSSR count). The van der Waals surface area contributed by atoms with Crippen molar-refractivity contribution in [1.29, 1.82) is 0 Å². The minimum absolute atomic E-state index is 0.00347. The van der Waals surface area contributed by atoms with Crippen molar-refractivity contribution in [2.75, 3.05) is 12.9 Å². The molecule has 2 aromatic rings. The number of nitrogens with one attached hydrogen (secondary N) is 1. The van der Waals surface area contributed by atoms with Crippen LogP contribution in [0.25, 0.3) is 5.65 Å². The number of carbonyl (C=O) groups excluding carboxylic acids is 1. The normalized spacial score (nSPS) is 14.2. The molecule has 0 radical (unpaired) electrons. The van der Waals surface area contributed by atoms with E-state index < -0.39 is 0 Å². The molecule has 0 aromatic carbocycles. The van der Waals surface area contributed by atoms with Gasteiger partial charge < -0.3 is 10.4 Å². The standard InChI is InChI=1S/C13H16ClN3O2S/c1-8(9(7-18)20-2)15-13(19)11-12(14)16-10-5-3-4-6-17(10)11/h3-6,8-9,18H,7H2,1-2H3,(H,15,19). The van der Waals surface area contributed by atoms with Crippen molar-refractivity contribution in [2.24, 2.45) is 0 Å². The zero-order valence-corrected chi connectivity index (χ0v) is 12.8. The molecule has 2 unspecified atom stereocenters. The van der Waals surface area contributed by atoms with Crippen molar-refractivity contribution in [1.82, 2.24) is 14.7 Å². The van der Waals surface area contributed by atoms with Crippen LogP contribution >= 0.6 is 23.4 Å². The Labute approximate surface area is 126 Å². The lowest BCUT2D eigenvalue weighted by molar-refractivity contribution is 0.0930. The van der Waals surface area contributed by atoms with Gasteiger partial charge >= 0.3 is 0 Å². The fourth-order valence-corrected chi connectivity index (χ4v) is 2.86. The average molecular weight is 314 g/mol. The van der Waals surface area contributed by atoms with E-state index in [0.717, 1.165) is 0 Å². The third-order valence-electron chi connectivity index (χ3n) is 3.10. The first-order valence-electron chi connectivity index (χ1n) is 6.15. The van der Waals surface area contributed by atoms with E-state index in [0.29, 0.717) is 11.3 Å². The van der Waals surface area contributed by atoms with Crippen molar-refractivity contribution >= 4 is 34.9 Å². The van der Waals surface area contributed by atoms with E-state index in [1.54, 1.807) is 16.7 Å². The largest absolute Gasteiger partial charge is 0.395 e. The van der Waals surface area contributed by atoms with Crippen molar-refractivity contribution in [2.45, 2.75) is 18.2 Å². The molecule has 0 saturated heterocycles. The van der Waals surface area contributed by atoms with Crippen LogP contribution in [0.5, 0.6) is 0 Å². The number of rotatable bonds is 5. The Bertz CT molecular complexity index is 613. The van der Waals surface area contributed by atoms with Gasteiger partial charge in [-0.2, -0.15) is 11.8 Å². The maximum absolute atomic E-state index is 12.3. The number of aromatic nitrogens is 2. The molecule has 0 aliphatic carbocycles. The number of halogens is 1. The summed E-state index contributed by atoms with van der Waals surface area (Å²) in [4.78, 5) is 16.5. The fourth-order valence-electron chi connectivity index (χ4n) is 1.98. The lowest BCUT2D eigenvalue weighted by atomic mass is 10.2. The number of fused-ring (bicyclic) bond motifs is 1. The topological polar surface area (TPSA) is 66.6 Å². The van der Waals surface area contributed by atoms with E-state index in [1.165, 1.54) is 11.8 Å². The number of hydrogen-bond donors (Lipinski definition) is 2. The molecule has 7 heteroatoms. The third-order valence-corrected chi connectivity index (χ3v) is 4.53. The van der Waals surface area contributed by atoms with E-state index in [-0.39, 0.29) is 29.0 Å². The van der Waals surface area contributed by atoms with Crippen molar-refractivity contribution in [3.8, 4) is 0 Å². The smallest absolute Gasteiger partial charge is 0.271 e. The van der Waals surface area contributed by atoms with E-state index in [9.17, 15) is 9.90 Å². The molecule has 2 atom stereocenters. The Balaban J connectivity index is 2.25. The van der Waals surface area contributed by atoms with Crippen LogP contribution in [0, 0.1) is 0 Å². The van der Waals surface area contributed by atoms with Gasteiger partial charge in [0.25, 0.3) is 5.91 Å². The predicted octanol–water partition coefficient (Wildman–Crippen LogP) is 1.83. The van der Waals surface area contributed by atoms with Gasteiger partial charge in [0.1, 0.15) is 5.65 Å². The zero-order valence-electron chi connectivity index (χ0n) is 11.2. The molecule has 2 heterocycles. The van der Waals surface area contributed by atoms with Gasteiger partial charge in [0.05, 0.1) is 6.61 Å². The average Bonchev–Trinajstić information content (AvgIpc) is 2.75. The van der Waals surface area contributed by atoms with Crippen molar-refractivity contribution < 1.29 is 9.90 Å². The van der Waals surface area contributed by atoms with Crippen LogP contribution < -0.4 is 5.32 Å². The summed E-state index contributed by atoms with van der Waals surface area (Å²) in [7, 11) is 0. The molecule has 0 aliphatic rings. The molecule has 5 nitrogen and oxygen atoms in total. The highest BCUT2D eigenvalue weighted by molar-refractivity contribution is 7.99. The van der Waals surface area contributed by atoms with Crippen LogP contribution in [0.1, 0.15) is 17.4 Å². The number of aliphatic hydroxyl groups excluding tert-OH is 1. The molecule has 2 aromatic heterocycles. The highest BCUT2D eigenvalue weighted by atomic mass is 35.5. The highest BCUT2D eigenvalue weighted by Gasteiger charge is 2.22. The number of hydrogen-bond acceptors (Lipinski definition) is 4. The van der Waals surface area contributed by atoms with Crippen LogP contribution in [0.3, 0.4) is 0 Å². The molecule has 0 fully saturated rings. The molecule has 108 valence electrons. The number of amides is 1. The van der Waals surface area contributed by atoms with E-state index in [2.05, 4.69) is 10.3 Å². The molecule has 1 amide bonds. The molecule has 0 spiro atoms. The Morgan fingerprint density at radius 3 is 3.00 bits per heavy atom. The second-order valence-corrected chi connectivity index (χ2v) is 5.83. The molecule has 2 N–H and O–H groups in total. The van der Waals surface area contributed by atoms with Gasteiger partial charge in [0.15, 0.2) is 10.8 Å².